The van der Waals surface area contributed by atoms with E-state index in [1.807, 2.05) is 30.3 Å². The number of ether oxygens (including phenoxy) is 2. The molecule has 0 amide bonds. The topological polar surface area (TPSA) is 61.8 Å². The highest BCUT2D eigenvalue weighted by Gasteiger charge is 2.52. The highest BCUT2D eigenvalue weighted by molar-refractivity contribution is 7.81. The lowest BCUT2D eigenvalue weighted by molar-refractivity contribution is -0.204. The lowest BCUT2D eigenvalue weighted by Gasteiger charge is -2.30. The fraction of sp³-hybridized carbons (Fsp3) is 0.400. The van der Waals surface area contributed by atoms with E-state index in [1.165, 1.54) is 12.1 Å². The molecule has 2 aromatic rings. The number of benzene rings is 2. The molecule has 0 radical (unpaired) electrons. The highest BCUT2D eigenvalue weighted by atomic mass is 32.3. The monoisotopic (exact) mass is 486 g/mol. The highest BCUT2D eigenvalue weighted by Crippen LogP contribution is 2.33. The van der Waals surface area contributed by atoms with E-state index in [0.29, 0.717) is 18.8 Å². The maximum Gasteiger partial charge on any atom is 0.488 e. The average Bonchev–Trinajstić information content (AvgIpc) is 2.74. The van der Waals surface area contributed by atoms with Gasteiger partial charge in [-0.2, -0.15) is 17.2 Å². The summed E-state index contributed by atoms with van der Waals surface area (Å²) in [7, 11) is -5.02. The maximum absolute atomic E-state index is 12.4. The van der Waals surface area contributed by atoms with Crippen molar-refractivity contribution in [3.8, 4) is 5.75 Å². The minimum Gasteiger partial charge on any atom is -0.358 e. The maximum atomic E-state index is 12.4. The summed E-state index contributed by atoms with van der Waals surface area (Å²) in [6.45, 7) is -1.30. The molecule has 2 aromatic carbocycles. The molecule has 0 bridgehead atoms. The third kappa shape index (κ3) is 7.68. The molecule has 32 heavy (non-hydrogen) atoms. The normalized spacial score (nSPS) is 19.6. The Kier molecular flexibility index (Phi) is 8.54. The molecule has 3 rings (SSSR count). The van der Waals surface area contributed by atoms with Gasteiger partial charge in [-0.1, -0.05) is 46.4 Å². The van der Waals surface area contributed by atoms with Crippen molar-refractivity contribution in [1.29, 1.82) is 0 Å². The van der Waals surface area contributed by atoms with Crippen LogP contribution in [0.25, 0.3) is 0 Å². The second-order valence-corrected chi connectivity index (χ2v) is 7.83. The van der Waals surface area contributed by atoms with E-state index in [4.69, 9.17) is 9.47 Å². The van der Waals surface area contributed by atoms with Crippen molar-refractivity contribution in [2.75, 3.05) is 19.9 Å². The van der Waals surface area contributed by atoms with E-state index in [9.17, 15) is 34.3 Å². The number of hydrogen-bond donors (Lipinski definition) is 0. The summed E-state index contributed by atoms with van der Waals surface area (Å²) in [5.41, 5.74) is 1.86. The van der Waals surface area contributed by atoms with E-state index < -0.39 is 35.3 Å². The first-order chi connectivity index (χ1) is 14.8. The van der Waals surface area contributed by atoms with E-state index >= 15 is 0 Å². The van der Waals surface area contributed by atoms with Gasteiger partial charge in [0.15, 0.2) is 13.0 Å². The molecule has 0 N–H and O–H groups in total. The Hall–Kier alpha value is -2.31. The van der Waals surface area contributed by atoms with Crippen molar-refractivity contribution in [1.82, 2.24) is 0 Å². The van der Waals surface area contributed by atoms with Gasteiger partial charge in [-0.3, -0.25) is 0 Å². The summed E-state index contributed by atoms with van der Waals surface area (Å²) in [4.78, 5) is 0. The van der Waals surface area contributed by atoms with Crippen LogP contribution in [0.5, 0.6) is 5.75 Å². The van der Waals surface area contributed by atoms with Gasteiger partial charge in [0, 0.05) is 18.4 Å². The van der Waals surface area contributed by atoms with Gasteiger partial charge >= 0.3 is 22.3 Å². The van der Waals surface area contributed by atoms with Gasteiger partial charge in [-0.05, 0) is 17.7 Å². The number of halogens is 6. The van der Waals surface area contributed by atoms with Crippen LogP contribution in [-0.4, -0.2) is 40.2 Å². The Labute approximate surface area is 181 Å². The predicted octanol–water partition coefficient (Wildman–Crippen LogP) is 5.36. The van der Waals surface area contributed by atoms with Gasteiger partial charge in [0.25, 0.3) is 0 Å². The summed E-state index contributed by atoms with van der Waals surface area (Å²) >= 11 is 0. The molecule has 0 saturated carbocycles. The van der Waals surface area contributed by atoms with Crippen LogP contribution in [0.4, 0.5) is 25.8 Å². The van der Waals surface area contributed by atoms with Gasteiger partial charge in [0.1, 0.15) is 5.75 Å². The molecule has 0 spiro atoms. The quantitative estimate of drug-likeness (QED) is 0.407. The fourth-order valence-corrected chi connectivity index (χ4v) is 2.87. The van der Waals surface area contributed by atoms with E-state index in [-0.39, 0.29) is 18.6 Å². The Bertz CT molecular complexity index is 941. The van der Waals surface area contributed by atoms with Gasteiger partial charge in [0.05, 0.1) is 13.2 Å². The molecule has 0 atom stereocenters. The first-order valence-electron chi connectivity index (χ1n) is 9.16. The lowest BCUT2D eigenvalue weighted by Crippen LogP contribution is -2.39. The molecule has 0 aliphatic carbocycles. The van der Waals surface area contributed by atoms with Crippen molar-refractivity contribution in [2.24, 2.45) is 0 Å². The summed E-state index contributed by atoms with van der Waals surface area (Å²) in [5.74, 6) is -8.71. The van der Waals surface area contributed by atoms with Crippen LogP contribution in [-0.2, 0) is 20.0 Å². The molecule has 178 valence electrons. The molecular weight excluding hydrogens is 466 g/mol. The zero-order valence-electron chi connectivity index (χ0n) is 16.7. The van der Waals surface area contributed by atoms with E-state index in [0.717, 1.165) is 5.56 Å². The van der Waals surface area contributed by atoms with Crippen LogP contribution in [0.3, 0.4) is 0 Å². The van der Waals surface area contributed by atoms with Gasteiger partial charge < -0.3 is 13.7 Å². The molecule has 1 fully saturated rings. The SMILES string of the molecule is CC(F)(F)C(F)(F)CF.O=S(=O)(F)Oc1ccc(C2OCC(c3ccccc3)CO2)cc1. The van der Waals surface area contributed by atoms with Crippen LogP contribution >= 0.6 is 0 Å². The van der Waals surface area contributed by atoms with Gasteiger partial charge in [0.2, 0.25) is 0 Å². The largest absolute Gasteiger partial charge is 0.488 e. The van der Waals surface area contributed by atoms with Crippen molar-refractivity contribution < 1.29 is 47.9 Å². The summed E-state index contributed by atoms with van der Waals surface area (Å²) in [5, 5.41) is 0. The van der Waals surface area contributed by atoms with Crippen LogP contribution in [0.15, 0.2) is 54.6 Å². The first kappa shape index (κ1) is 25.9. The minimum atomic E-state index is -5.02. The summed E-state index contributed by atoms with van der Waals surface area (Å²) < 4.78 is 106. The Balaban J connectivity index is 0.000000344. The molecule has 1 heterocycles. The van der Waals surface area contributed by atoms with Crippen LogP contribution in [0, 0.1) is 0 Å². The van der Waals surface area contributed by atoms with E-state index in [2.05, 4.69) is 4.18 Å². The van der Waals surface area contributed by atoms with Crippen molar-refractivity contribution in [2.45, 2.75) is 31.0 Å². The van der Waals surface area contributed by atoms with Crippen LogP contribution in [0.1, 0.15) is 30.3 Å². The molecule has 5 nitrogen and oxygen atoms in total. The molecule has 0 unspecified atom stereocenters. The van der Waals surface area contributed by atoms with Gasteiger partial charge in [-0.25, -0.2) is 13.2 Å². The van der Waals surface area contributed by atoms with Crippen LogP contribution < -0.4 is 4.18 Å². The Morgan fingerprint density at radius 1 is 0.938 bits per heavy atom. The van der Waals surface area contributed by atoms with Crippen molar-refractivity contribution in [3.05, 3.63) is 65.7 Å². The Morgan fingerprint density at radius 3 is 1.88 bits per heavy atom. The van der Waals surface area contributed by atoms with E-state index in [1.54, 1.807) is 12.1 Å². The molecule has 12 heteroatoms. The number of hydrogen-bond acceptors (Lipinski definition) is 5. The van der Waals surface area contributed by atoms with Crippen LogP contribution in [0.2, 0.25) is 0 Å². The Morgan fingerprint density at radius 2 is 1.47 bits per heavy atom. The molecular formula is C20H20F6O5S. The fourth-order valence-electron chi connectivity index (χ4n) is 2.53. The second-order valence-electron chi connectivity index (χ2n) is 6.88. The third-order valence-electron chi connectivity index (χ3n) is 4.33. The third-order valence-corrected chi connectivity index (χ3v) is 4.72. The molecule has 0 aromatic heterocycles. The average molecular weight is 486 g/mol. The number of rotatable bonds is 6. The predicted molar refractivity (Wildman–Crippen MR) is 102 cm³/mol. The minimum absolute atomic E-state index is 0.0213. The second kappa shape index (κ2) is 10.5. The standard InChI is InChI=1S/C16H15FO5S.C4H5F5/c17-23(18,19)22-15-8-6-13(7-9-15)16-20-10-14(11-21-16)12-4-2-1-3-5-12;1-3(6,7)4(8,9)2-5/h1-9,14,16H,10-11H2;2H2,1H3. The molecule has 1 saturated heterocycles. The smallest absolute Gasteiger partial charge is 0.358 e. The summed E-state index contributed by atoms with van der Waals surface area (Å²) in [6.07, 6.45) is -0.536. The zero-order valence-corrected chi connectivity index (χ0v) is 17.5. The molecule has 1 aliphatic heterocycles. The first-order valence-corrected chi connectivity index (χ1v) is 10.5. The molecule has 1 aliphatic rings. The number of alkyl halides is 5. The summed E-state index contributed by atoms with van der Waals surface area (Å²) in [6, 6.07) is 15.8. The van der Waals surface area contributed by atoms with Crippen molar-refractivity contribution >= 4 is 10.5 Å². The van der Waals surface area contributed by atoms with Gasteiger partial charge in [-0.15, -0.1) is 0 Å². The van der Waals surface area contributed by atoms with Crippen molar-refractivity contribution in [3.63, 3.8) is 0 Å². The lowest BCUT2D eigenvalue weighted by atomic mass is 10.0. The zero-order chi connectivity index (χ0) is 24.0.